The number of carbonyl (C=O) groups is 1. The topological polar surface area (TPSA) is 64.4 Å². The number of amides is 1. The minimum atomic E-state index is -4.36. The monoisotopic (exact) mass is 370 g/mol. The molecule has 0 fully saturated rings. The molecule has 1 aromatic carbocycles. The number of nitrogens with one attached hydrogen (secondary N) is 1. The number of carbonyl (C=O) groups excluding carboxylic acids is 1. The van der Waals surface area contributed by atoms with Gasteiger partial charge >= 0.3 is 6.18 Å². The van der Waals surface area contributed by atoms with Crippen LogP contribution in [0.25, 0.3) is 11.3 Å². The number of aryl methyl sites for hydroxylation is 1. The first-order valence-electron chi connectivity index (χ1n) is 8.27. The lowest BCUT2D eigenvalue weighted by atomic mass is 10.2. The molecule has 26 heavy (non-hydrogen) atoms. The van der Waals surface area contributed by atoms with E-state index in [-0.39, 0.29) is 18.9 Å². The Balaban J connectivity index is 1.66. The van der Waals surface area contributed by atoms with Gasteiger partial charge in [0, 0.05) is 24.4 Å². The van der Waals surface area contributed by atoms with Crippen LogP contribution >= 0.6 is 0 Å². The first-order chi connectivity index (χ1) is 12.3. The van der Waals surface area contributed by atoms with Gasteiger partial charge in [0.05, 0.1) is 12.8 Å². The maximum Gasteiger partial charge on any atom is 0.411 e. The van der Waals surface area contributed by atoms with Crippen molar-refractivity contribution in [2.45, 2.75) is 38.4 Å². The second kappa shape index (κ2) is 9.38. The summed E-state index contributed by atoms with van der Waals surface area (Å²) in [5.74, 6) is 0.960. The number of alkyl halides is 3. The van der Waals surface area contributed by atoms with Crippen LogP contribution in [0, 0.1) is 0 Å². The maximum absolute atomic E-state index is 12.0. The lowest BCUT2D eigenvalue weighted by Crippen LogP contribution is -2.36. The van der Waals surface area contributed by atoms with E-state index in [1.54, 1.807) is 13.1 Å². The largest absolute Gasteiger partial charge is 0.441 e. The van der Waals surface area contributed by atoms with Gasteiger partial charge in [-0.1, -0.05) is 30.3 Å². The molecule has 142 valence electrons. The zero-order valence-corrected chi connectivity index (χ0v) is 14.4. The third-order valence-corrected chi connectivity index (χ3v) is 3.45. The number of halogens is 3. The van der Waals surface area contributed by atoms with Gasteiger partial charge in [-0.25, -0.2) is 4.98 Å². The van der Waals surface area contributed by atoms with Crippen molar-refractivity contribution in [1.82, 2.24) is 10.3 Å². The van der Waals surface area contributed by atoms with Crippen LogP contribution in [0.1, 0.15) is 25.7 Å². The molecule has 0 spiro atoms. The third-order valence-electron chi connectivity index (χ3n) is 3.45. The van der Waals surface area contributed by atoms with Gasteiger partial charge in [-0.05, 0) is 13.3 Å². The van der Waals surface area contributed by atoms with Crippen molar-refractivity contribution >= 4 is 5.91 Å². The summed E-state index contributed by atoms with van der Waals surface area (Å²) in [6, 6.07) is 9.06. The molecule has 0 bridgehead atoms. The van der Waals surface area contributed by atoms with Crippen LogP contribution in [0.5, 0.6) is 0 Å². The van der Waals surface area contributed by atoms with Crippen molar-refractivity contribution in [3.63, 3.8) is 0 Å². The van der Waals surface area contributed by atoms with E-state index in [9.17, 15) is 18.0 Å². The Morgan fingerprint density at radius 3 is 2.73 bits per heavy atom. The predicted octanol–water partition coefficient (Wildman–Crippen LogP) is 3.75. The summed E-state index contributed by atoms with van der Waals surface area (Å²) in [5, 5.41) is 2.60. The van der Waals surface area contributed by atoms with Gasteiger partial charge in [-0.15, -0.1) is 0 Å². The number of aromatic nitrogens is 1. The van der Waals surface area contributed by atoms with Crippen molar-refractivity contribution in [1.29, 1.82) is 0 Å². The summed E-state index contributed by atoms with van der Waals surface area (Å²) in [6.07, 6.45) is -1.47. The normalized spacial score (nSPS) is 12.8. The summed E-state index contributed by atoms with van der Waals surface area (Å²) in [7, 11) is 0. The zero-order chi connectivity index (χ0) is 19.0. The van der Waals surface area contributed by atoms with Crippen LogP contribution in [0.4, 0.5) is 13.2 Å². The highest BCUT2D eigenvalue weighted by atomic mass is 19.4. The molecular weight excluding hydrogens is 349 g/mol. The minimum absolute atomic E-state index is 0.189. The SMILES string of the molecule is CC(COCC(F)(F)F)NC(=O)CCCc1ncc(-c2ccccc2)o1. The molecule has 0 aliphatic rings. The number of benzene rings is 1. The second-order valence-corrected chi connectivity index (χ2v) is 5.94. The van der Waals surface area contributed by atoms with Gasteiger partial charge in [-0.3, -0.25) is 4.79 Å². The summed E-state index contributed by atoms with van der Waals surface area (Å²) in [5.41, 5.74) is 0.927. The molecule has 1 N–H and O–H groups in total. The minimum Gasteiger partial charge on any atom is -0.441 e. The smallest absolute Gasteiger partial charge is 0.411 e. The fourth-order valence-electron chi connectivity index (χ4n) is 2.30. The fourth-order valence-corrected chi connectivity index (χ4v) is 2.30. The molecule has 0 aliphatic carbocycles. The van der Waals surface area contributed by atoms with Crippen molar-refractivity contribution in [2.24, 2.45) is 0 Å². The molecular formula is C18H21F3N2O3. The van der Waals surface area contributed by atoms with Gasteiger partial charge in [0.2, 0.25) is 5.91 Å². The molecule has 0 aliphatic heterocycles. The highest BCUT2D eigenvalue weighted by molar-refractivity contribution is 5.76. The average Bonchev–Trinajstić information content (AvgIpc) is 3.03. The lowest BCUT2D eigenvalue weighted by molar-refractivity contribution is -0.175. The van der Waals surface area contributed by atoms with E-state index in [0.29, 0.717) is 24.5 Å². The molecule has 2 rings (SSSR count). The molecule has 0 saturated carbocycles. The highest BCUT2D eigenvalue weighted by Gasteiger charge is 2.27. The number of hydrogen-bond acceptors (Lipinski definition) is 4. The van der Waals surface area contributed by atoms with E-state index >= 15 is 0 Å². The van der Waals surface area contributed by atoms with Crippen molar-refractivity contribution in [3.8, 4) is 11.3 Å². The Bertz CT molecular complexity index is 686. The number of hydrogen-bond donors (Lipinski definition) is 1. The second-order valence-electron chi connectivity index (χ2n) is 5.94. The molecule has 0 saturated heterocycles. The molecule has 1 heterocycles. The summed E-state index contributed by atoms with van der Waals surface area (Å²) in [4.78, 5) is 16.0. The highest BCUT2D eigenvalue weighted by Crippen LogP contribution is 2.20. The number of rotatable bonds is 9. The van der Waals surface area contributed by atoms with Crippen LogP contribution in [0.15, 0.2) is 40.9 Å². The maximum atomic E-state index is 12.0. The Morgan fingerprint density at radius 2 is 2.04 bits per heavy atom. The first kappa shape index (κ1) is 20.0. The number of ether oxygens (including phenoxy) is 1. The van der Waals surface area contributed by atoms with E-state index < -0.39 is 18.8 Å². The van der Waals surface area contributed by atoms with Crippen LogP contribution < -0.4 is 5.32 Å². The third kappa shape index (κ3) is 7.26. The Labute approximate surface area is 149 Å². The van der Waals surface area contributed by atoms with Crippen LogP contribution in [0.2, 0.25) is 0 Å². The van der Waals surface area contributed by atoms with E-state index in [1.807, 2.05) is 30.3 Å². The van der Waals surface area contributed by atoms with Crippen molar-refractivity contribution < 1.29 is 27.1 Å². The summed E-state index contributed by atoms with van der Waals surface area (Å²) in [6.45, 7) is 0.0844. The van der Waals surface area contributed by atoms with Crippen LogP contribution in [-0.2, 0) is 16.0 Å². The number of nitrogens with zero attached hydrogens (tertiary/aromatic N) is 1. The predicted molar refractivity (Wildman–Crippen MR) is 89.4 cm³/mol. The van der Waals surface area contributed by atoms with Crippen LogP contribution in [-0.4, -0.2) is 36.3 Å². The van der Waals surface area contributed by atoms with Gasteiger partial charge in [0.25, 0.3) is 0 Å². The van der Waals surface area contributed by atoms with Gasteiger partial charge in [0.1, 0.15) is 6.61 Å². The Kier molecular flexibility index (Phi) is 7.20. The molecule has 1 amide bonds. The van der Waals surface area contributed by atoms with Gasteiger partial charge in [0.15, 0.2) is 11.7 Å². The van der Waals surface area contributed by atoms with E-state index in [4.69, 9.17) is 4.42 Å². The Morgan fingerprint density at radius 1 is 1.31 bits per heavy atom. The molecule has 1 unspecified atom stereocenters. The average molecular weight is 370 g/mol. The van der Waals surface area contributed by atoms with E-state index in [0.717, 1.165) is 5.56 Å². The van der Waals surface area contributed by atoms with Crippen molar-refractivity contribution in [3.05, 3.63) is 42.4 Å². The molecule has 1 atom stereocenters. The van der Waals surface area contributed by atoms with Crippen LogP contribution in [0.3, 0.4) is 0 Å². The first-order valence-corrected chi connectivity index (χ1v) is 8.27. The standard InChI is InChI=1S/C18H21F3N2O3/c1-13(11-25-12-18(19,20)21)23-16(24)8-5-9-17-22-10-15(26-17)14-6-3-2-4-7-14/h2-4,6-7,10,13H,5,8-9,11-12H2,1H3,(H,23,24). The summed E-state index contributed by atoms with van der Waals surface area (Å²) < 4.78 is 46.1. The fraction of sp³-hybridized carbons (Fsp3) is 0.444. The Hall–Kier alpha value is -2.35. The molecule has 0 radical (unpaired) electrons. The molecule has 5 nitrogen and oxygen atoms in total. The quantitative estimate of drug-likeness (QED) is 0.730. The van der Waals surface area contributed by atoms with Gasteiger partial charge in [-0.2, -0.15) is 13.2 Å². The molecule has 1 aromatic heterocycles. The van der Waals surface area contributed by atoms with E-state index in [2.05, 4.69) is 15.0 Å². The molecule has 8 heteroatoms. The zero-order valence-electron chi connectivity index (χ0n) is 14.4. The van der Waals surface area contributed by atoms with Crippen molar-refractivity contribution in [2.75, 3.05) is 13.2 Å². The summed E-state index contributed by atoms with van der Waals surface area (Å²) >= 11 is 0. The van der Waals surface area contributed by atoms with Gasteiger partial charge < -0.3 is 14.5 Å². The van der Waals surface area contributed by atoms with E-state index in [1.165, 1.54) is 0 Å². The molecule has 2 aromatic rings. The number of oxazole rings is 1. The lowest BCUT2D eigenvalue weighted by Gasteiger charge is -2.15.